The molecule has 4 N–H and O–H groups in total. The number of nitro groups is 1. The number of nitro benzene ring substituents is 1. The molecular formula is C10H12FIN2O5. The van der Waals surface area contributed by atoms with Gasteiger partial charge >= 0.3 is 0 Å². The Kier molecular flexibility index (Phi) is 5.40. The highest BCUT2D eigenvalue weighted by molar-refractivity contribution is 14.1. The largest absolute Gasteiger partial charge is 0.394 e. The Balaban J connectivity index is 3.26. The summed E-state index contributed by atoms with van der Waals surface area (Å²) in [7, 11) is 0. The van der Waals surface area contributed by atoms with E-state index in [9.17, 15) is 14.5 Å². The van der Waals surface area contributed by atoms with E-state index in [2.05, 4.69) is 5.32 Å². The standard InChI is InChI=1S/C10H12FIN2O5/c11-6-1-8(9(14(18)19)2-7(6)12)13-10(3-15,4-16)5-17/h1-2,13,15-17H,3-5H2. The van der Waals surface area contributed by atoms with Gasteiger partial charge in [0.25, 0.3) is 5.69 Å². The van der Waals surface area contributed by atoms with Crippen molar-refractivity contribution in [2.45, 2.75) is 5.54 Å². The number of rotatable bonds is 6. The van der Waals surface area contributed by atoms with Gasteiger partial charge < -0.3 is 20.6 Å². The Bertz CT molecular complexity index is 473. The van der Waals surface area contributed by atoms with Gasteiger partial charge in [0.2, 0.25) is 0 Å². The van der Waals surface area contributed by atoms with E-state index in [1.54, 1.807) is 22.6 Å². The monoisotopic (exact) mass is 386 g/mol. The SMILES string of the molecule is O=[N+]([O-])c1cc(I)c(F)cc1NC(CO)(CO)CO. The molecule has 0 aromatic heterocycles. The summed E-state index contributed by atoms with van der Waals surface area (Å²) < 4.78 is 13.5. The molecule has 1 aromatic rings. The van der Waals surface area contributed by atoms with Gasteiger partial charge in [0.05, 0.1) is 28.3 Å². The van der Waals surface area contributed by atoms with Crippen LogP contribution in [0.25, 0.3) is 0 Å². The molecule has 0 aliphatic heterocycles. The molecule has 0 aliphatic carbocycles. The van der Waals surface area contributed by atoms with Crippen LogP contribution in [0.3, 0.4) is 0 Å². The van der Waals surface area contributed by atoms with Crippen molar-refractivity contribution in [3.8, 4) is 0 Å². The first-order chi connectivity index (χ1) is 8.89. The van der Waals surface area contributed by atoms with Crippen molar-refractivity contribution in [2.24, 2.45) is 0 Å². The van der Waals surface area contributed by atoms with Crippen molar-refractivity contribution >= 4 is 34.0 Å². The summed E-state index contributed by atoms with van der Waals surface area (Å²) >= 11 is 1.61. The van der Waals surface area contributed by atoms with Crippen LogP contribution in [-0.2, 0) is 0 Å². The van der Waals surface area contributed by atoms with Crippen LogP contribution >= 0.6 is 22.6 Å². The molecule has 0 amide bonds. The maximum absolute atomic E-state index is 13.5. The highest BCUT2D eigenvalue weighted by atomic mass is 127. The number of nitrogens with one attached hydrogen (secondary N) is 1. The predicted molar refractivity (Wildman–Crippen MR) is 73.4 cm³/mol. The molecule has 1 aromatic carbocycles. The fourth-order valence-corrected chi connectivity index (χ4v) is 1.79. The van der Waals surface area contributed by atoms with Gasteiger partial charge in [0.15, 0.2) is 0 Å². The number of aliphatic hydroxyl groups is 3. The lowest BCUT2D eigenvalue weighted by Gasteiger charge is -2.29. The molecule has 1 rings (SSSR count). The van der Waals surface area contributed by atoms with Crippen LogP contribution in [0.5, 0.6) is 0 Å². The third kappa shape index (κ3) is 3.49. The quantitative estimate of drug-likeness (QED) is 0.321. The van der Waals surface area contributed by atoms with E-state index in [1.165, 1.54) is 0 Å². The number of hydrogen-bond acceptors (Lipinski definition) is 6. The molecule has 7 nitrogen and oxygen atoms in total. The van der Waals surface area contributed by atoms with E-state index >= 15 is 0 Å². The van der Waals surface area contributed by atoms with E-state index in [1.807, 2.05) is 0 Å². The topological polar surface area (TPSA) is 116 Å². The molecule has 0 bridgehead atoms. The van der Waals surface area contributed by atoms with Crippen LogP contribution in [0.2, 0.25) is 0 Å². The zero-order chi connectivity index (χ0) is 14.6. The third-order valence-corrected chi connectivity index (χ3v) is 3.37. The zero-order valence-corrected chi connectivity index (χ0v) is 11.8. The number of halogens is 2. The highest BCUT2D eigenvalue weighted by Crippen LogP contribution is 2.30. The lowest BCUT2D eigenvalue weighted by Crippen LogP contribution is -2.49. The minimum Gasteiger partial charge on any atom is -0.394 e. The molecular weight excluding hydrogens is 374 g/mol. The molecule has 0 heterocycles. The highest BCUT2D eigenvalue weighted by Gasteiger charge is 2.31. The zero-order valence-electron chi connectivity index (χ0n) is 9.64. The van der Waals surface area contributed by atoms with E-state index < -0.39 is 41.8 Å². The van der Waals surface area contributed by atoms with Crippen LogP contribution in [-0.4, -0.2) is 45.6 Å². The smallest absolute Gasteiger partial charge is 0.293 e. The summed E-state index contributed by atoms with van der Waals surface area (Å²) in [5.41, 5.74) is -2.20. The average molecular weight is 386 g/mol. The normalized spacial score (nSPS) is 11.4. The van der Waals surface area contributed by atoms with Crippen LogP contribution in [0.15, 0.2) is 12.1 Å². The third-order valence-electron chi connectivity index (χ3n) is 2.54. The first kappa shape index (κ1) is 16.0. The lowest BCUT2D eigenvalue weighted by molar-refractivity contribution is -0.384. The van der Waals surface area contributed by atoms with E-state index in [4.69, 9.17) is 15.3 Å². The Morgan fingerprint density at radius 3 is 2.26 bits per heavy atom. The fraction of sp³-hybridized carbons (Fsp3) is 0.400. The summed E-state index contributed by atoms with van der Waals surface area (Å²) in [5, 5.41) is 40.7. The molecule has 0 aliphatic rings. The van der Waals surface area contributed by atoms with Gasteiger partial charge in [-0.05, 0) is 22.6 Å². The number of anilines is 1. The maximum atomic E-state index is 13.5. The molecule has 0 spiro atoms. The van der Waals surface area contributed by atoms with Crippen molar-refractivity contribution in [1.29, 1.82) is 0 Å². The summed E-state index contributed by atoms with van der Waals surface area (Å²) in [6, 6.07) is 1.91. The van der Waals surface area contributed by atoms with E-state index in [-0.39, 0.29) is 9.26 Å². The number of nitrogens with zero attached hydrogens (tertiary/aromatic N) is 1. The first-order valence-corrected chi connectivity index (χ1v) is 6.21. The number of benzene rings is 1. The second kappa shape index (κ2) is 6.41. The predicted octanol–water partition coefficient (Wildman–Crippen LogP) is 0.466. The Hall–Kier alpha value is -1.04. The molecule has 0 saturated heterocycles. The molecule has 9 heteroatoms. The van der Waals surface area contributed by atoms with Crippen molar-refractivity contribution in [1.82, 2.24) is 0 Å². The number of aliphatic hydroxyl groups excluding tert-OH is 3. The molecule has 0 unspecified atom stereocenters. The molecule has 0 atom stereocenters. The second-order valence-electron chi connectivity index (χ2n) is 3.92. The second-order valence-corrected chi connectivity index (χ2v) is 5.08. The van der Waals surface area contributed by atoms with Crippen LogP contribution < -0.4 is 5.32 Å². The number of hydrogen-bond donors (Lipinski definition) is 4. The molecule has 19 heavy (non-hydrogen) atoms. The molecule has 0 saturated carbocycles. The van der Waals surface area contributed by atoms with Crippen molar-refractivity contribution in [3.05, 3.63) is 31.6 Å². The molecule has 0 fully saturated rings. The fourth-order valence-electron chi connectivity index (χ4n) is 1.34. The minimum absolute atomic E-state index is 0.0671. The van der Waals surface area contributed by atoms with Gasteiger partial charge in [-0.15, -0.1) is 0 Å². The summed E-state index contributed by atoms with van der Waals surface area (Å²) in [5.74, 6) is -0.684. The van der Waals surface area contributed by atoms with Crippen molar-refractivity contribution in [2.75, 3.05) is 25.1 Å². The van der Waals surface area contributed by atoms with Gasteiger partial charge in [-0.25, -0.2) is 4.39 Å². The lowest BCUT2D eigenvalue weighted by atomic mass is 10.0. The van der Waals surface area contributed by atoms with E-state index in [0.717, 1.165) is 12.1 Å². The van der Waals surface area contributed by atoms with Gasteiger partial charge in [-0.1, -0.05) is 0 Å². The summed E-state index contributed by atoms with van der Waals surface area (Å²) in [6.07, 6.45) is 0. The maximum Gasteiger partial charge on any atom is 0.293 e. The van der Waals surface area contributed by atoms with Gasteiger partial charge in [0, 0.05) is 12.1 Å². The van der Waals surface area contributed by atoms with Gasteiger partial charge in [0.1, 0.15) is 17.0 Å². The molecule has 0 radical (unpaired) electrons. The first-order valence-electron chi connectivity index (χ1n) is 5.13. The van der Waals surface area contributed by atoms with Crippen LogP contribution in [0.1, 0.15) is 0 Å². The Labute approximate surface area is 121 Å². The van der Waals surface area contributed by atoms with Crippen molar-refractivity contribution in [3.63, 3.8) is 0 Å². The average Bonchev–Trinajstić information content (AvgIpc) is 2.39. The minimum atomic E-state index is -1.57. The Morgan fingerprint density at radius 2 is 1.84 bits per heavy atom. The van der Waals surface area contributed by atoms with Crippen molar-refractivity contribution < 1.29 is 24.6 Å². The Morgan fingerprint density at radius 1 is 1.32 bits per heavy atom. The summed E-state index contributed by atoms with van der Waals surface area (Å²) in [4.78, 5) is 10.2. The van der Waals surface area contributed by atoms with Crippen LogP contribution in [0, 0.1) is 19.5 Å². The van der Waals surface area contributed by atoms with Crippen LogP contribution in [0.4, 0.5) is 15.8 Å². The van der Waals surface area contributed by atoms with E-state index in [0.29, 0.717) is 0 Å². The molecule has 106 valence electrons. The van der Waals surface area contributed by atoms with Gasteiger partial charge in [-0.2, -0.15) is 0 Å². The summed E-state index contributed by atoms with van der Waals surface area (Å²) in [6.45, 7) is -2.03. The van der Waals surface area contributed by atoms with Gasteiger partial charge in [-0.3, -0.25) is 10.1 Å².